The molecule has 0 saturated heterocycles. The van der Waals surface area contributed by atoms with E-state index in [0.717, 1.165) is 16.9 Å². The molecule has 5 nitrogen and oxygen atoms in total. The number of anilines is 2. The second kappa shape index (κ2) is 5.23. The summed E-state index contributed by atoms with van der Waals surface area (Å²) in [4.78, 5) is 27.8. The number of carbonyl (C=O) groups excluding carboxylic acids is 2. The van der Waals surface area contributed by atoms with Crippen LogP contribution in [0.3, 0.4) is 0 Å². The summed E-state index contributed by atoms with van der Waals surface area (Å²) in [6.07, 6.45) is 3.58. The van der Waals surface area contributed by atoms with Crippen LogP contribution < -0.4 is 15.5 Å². The number of fused-ring (bicyclic) bond motifs is 3. The lowest BCUT2D eigenvalue weighted by atomic mass is 9.97. The van der Waals surface area contributed by atoms with Crippen molar-refractivity contribution < 1.29 is 9.59 Å². The first-order valence-electron chi connectivity index (χ1n) is 7.81. The molecule has 5 heteroatoms. The van der Waals surface area contributed by atoms with Gasteiger partial charge in [0.2, 0.25) is 5.91 Å². The monoisotopic (exact) mass is 319 g/mol. The molecule has 4 rings (SSSR count). The fraction of sp³-hybridized carbons (Fsp3) is 0.158. The fourth-order valence-corrected chi connectivity index (χ4v) is 3.61. The lowest BCUT2D eigenvalue weighted by Gasteiger charge is -2.36. The van der Waals surface area contributed by atoms with Crippen molar-refractivity contribution in [1.29, 1.82) is 0 Å². The van der Waals surface area contributed by atoms with Crippen molar-refractivity contribution in [2.24, 2.45) is 5.73 Å². The molecule has 2 aromatic carbocycles. The molecule has 2 heterocycles. The number of hydrogen-bond acceptors (Lipinski definition) is 3. The standard InChI is InChI=1S/C19H17N3O2/c1-21-15-5-3-2-4-14(15)18-16(21)10-11-17(23)22(18)13-8-6-12(7-9-13)19(20)24/h2-11,16,18H,1H3,(H2,20,24). The van der Waals surface area contributed by atoms with E-state index in [1.54, 1.807) is 35.2 Å². The molecular formula is C19H17N3O2. The van der Waals surface area contributed by atoms with E-state index in [1.807, 2.05) is 25.3 Å². The summed E-state index contributed by atoms with van der Waals surface area (Å²) in [5.74, 6) is -0.539. The topological polar surface area (TPSA) is 66.6 Å². The summed E-state index contributed by atoms with van der Waals surface area (Å²) in [5, 5.41) is 0. The van der Waals surface area contributed by atoms with Crippen molar-refractivity contribution in [3.8, 4) is 0 Å². The molecule has 2 N–H and O–H groups in total. The summed E-state index contributed by atoms with van der Waals surface area (Å²) in [5.41, 5.74) is 8.74. The molecule has 2 aliphatic heterocycles. The van der Waals surface area contributed by atoms with Gasteiger partial charge in [-0.25, -0.2) is 0 Å². The van der Waals surface area contributed by atoms with Crippen molar-refractivity contribution in [3.63, 3.8) is 0 Å². The van der Waals surface area contributed by atoms with E-state index in [1.165, 1.54) is 0 Å². The van der Waals surface area contributed by atoms with E-state index in [0.29, 0.717) is 5.56 Å². The van der Waals surface area contributed by atoms with Crippen LogP contribution in [0.25, 0.3) is 0 Å². The van der Waals surface area contributed by atoms with E-state index >= 15 is 0 Å². The molecule has 0 saturated carbocycles. The highest BCUT2D eigenvalue weighted by Crippen LogP contribution is 2.45. The molecule has 120 valence electrons. The number of primary amides is 1. The van der Waals surface area contributed by atoms with Crippen molar-refractivity contribution in [3.05, 3.63) is 71.8 Å². The molecule has 0 aromatic heterocycles. The number of hydrogen-bond donors (Lipinski definition) is 1. The van der Waals surface area contributed by atoms with Crippen LogP contribution in [0.5, 0.6) is 0 Å². The number of nitrogens with zero attached hydrogens (tertiary/aromatic N) is 2. The number of benzene rings is 2. The Morgan fingerprint density at radius 2 is 1.79 bits per heavy atom. The molecule has 2 unspecified atom stereocenters. The van der Waals surface area contributed by atoms with Crippen LogP contribution >= 0.6 is 0 Å². The molecule has 2 aromatic rings. The smallest absolute Gasteiger partial charge is 0.251 e. The van der Waals surface area contributed by atoms with Crippen LogP contribution in [0, 0.1) is 0 Å². The maximum absolute atomic E-state index is 12.6. The first-order chi connectivity index (χ1) is 11.6. The van der Waals surface area contributed by atoms with Gasteiger partial charge in [0.05, 0.1) is 12.1 Å². The highest BCUT2D eigenvalue weighted by atomic mass is 16.2. The summed E-state index contributed by atoms with van der Waals surface area (Å²) >= 11 is 0. The van der Waals surface area contributed by atoms with Crippen LogP contribution in [-0.2, 0) is 4.79 Å². The van der Waals surface area contributed by atoms with Gasteiger partial charge < -0.3 is 10.6 Å². The average molecular weight is 319 g/mol. The Morgan fingerprint density at radius 3 is 2.50 bits per heavy atom. The Hall–Kier alpha value is -3.08. The first-order valence-corrected chi connectivity index (χ1v) is 7.81. The van der Waals surface area contributed by atoms with Gasteiger partial charge in [0, 0.05) is 35.6 Å². The van der Waals surface area contributed by atoms with Crippen molar-refractivity contribution in [2.45, 2.75) is 12.1 Å². The lowest BCUT2D eigenvalue weighted by Crippen LogP contribution is -2.45. The minimum absolute atomic E-state index is 0.0619. The molecule has 2 aliphatic rings. The highest BCUT2D eigenvalue weighted by molar-refractivity contribution is 6.04. The molecule has 24 heavy (non-hydrogen) atoms. The van der Waals surface area contributed by atoms with Crippen molar-refractivity contribution >= 4 is 23.2 Å². The van der Waals surface area contributed by atoms with Gasteiger partial charge in [-0.3, -0.25) is 14.5 Å². The van der Waals surface area contributed by atoms with Crippen molar-refractivity contribution in [1.82, 2.24) is 0 Å². The van der Waals surface area contributed by atoms with E-state index in [2.05, 4.69) is 17.0 Å². The van der Waals surface area contributed by atoms with Crippen LogP contribution in [0.1, 0.15) is 22.0 Å². The maximum Gasteiger partial charge on any atom is 0.251 e. The van der Waals surface area contributed by atoms with Gasteiger partial charge >= 0.3 is 0 Å². The Kier molecular flexibility index (Phi) is 3.16. The molecule has 0 fully saturated rings. The van der Waals surface area contributed by atoms with Gasteiger partial charge in [0.25, 0.3) is 5.91 Å². The molecule has 2 amide bonds. The largest absolute Gasteiger partial charge is 0.366 e. The molecule has 0 spiro atoms. The number of likely N-dealkylation sites (N-methyl/N-ethyl adjacent to an activating group) is 1. The SMILES string of the molecule is CN1c2ccccc2C2C1C=CC(=O)N2c1ccc(C(N)=O)cc1. The Morgan fingerprint density at radius 1 is 1.08 bits per heavy atom. The number of para-hydroxylation sites is 1. The summed E-state index contributed by atoms with van der Waals surface area (Å²) in [6, 6.07) is 15.0. The maximum atomic E-state index is 12.6. The van der Waals surface area contributed by atoms with E-state index in [4.69, 9.17) is 5.73 Å². The predicted molar refractivity (Wildman–Crippen MR) is 93.0 cm³/mol. The van der Waals surface area contributed by atoms with Gasteiger partial charge in [-0.2, -0.15) is 0 Å². The Labute approximate surface area is 140 Å². The third kappa shape index (κ3) is 2.01. The van der Waals surface area contributed by atoms with E-state index in [-0.39, 0.29) is 18.0 Å². The van der Waals surface area contributed by atoms with Gasteiger partial charge in [-0.05, 0) is 30.3 Å². The van der Waals surface area contributed by atoms with Crippen LogP contribution in [0.4, 0.5) is 11.4 Å². The van der Waals surface area contributed by atoms with Gasteiger partial charge in [-0.1, -0.05) is 24.3 Å². The van der Waals surface area contributed by atoms with Crippen molar-refractivity contribution in [2.75, 3.05) is 16.8 Å². The zero-order valence-corrected chi connectivity index (χ0v) is 13.2. The minimum atomic E-state index is -0.477. The number of nitrogens with two attached hydrogens (primary N) is 1. The minimum Gasteiger partial charge on any atom is -0.366 e. The Balaban J connectivity index is 1.81. The summed E-state index contributed by atoms with van der Waals surface area (Å²) in [6.45, 7) is 0. The lowest BCUT2D eigenvalue weighted by molar-refractivity contribution is -0.115. The normalized spacial score (nSPS) is 21.6. The van der Waals surface area contributed by atoms with Crippen LogP contribution in [0.2, 0.25) is 0 Å². The average Bonchev–Trinajstić information content (AvgIpc) is 2.88. The Bertz CT molecular complexity index is 857. The summed E-state index contributed by atoms with van der Waals surface area (Å²) in [7, 11) is 2.04. The molecule has 0 bridgehead atoms. The highest BCUT2D eigenvalue weighted by Gasteiger charge is 2.43. The van der Waals surface area contributed by atoms with Crippen LogP contribution in [-0.4, -0.2) is 24.9 Å². The van der Waals surface area contributed by atoms with E-state index in [9.17, 15) is 9.59 Å². The zero-order valence-electron chi connectivity index (χ0n) is 13.2. The number of rotatable bonds is 2. The van der Waals surface area contributed by atoms with Crippen LogP contribution in [0.15, 0.2) is 60.7 Å². The number of carbonyl (C=O) groups is 2. The molecule has 2 atom stereocenters. The van der Waals surface area contributed by atoms with E-state index < -0.39 is 5.91 Å². The molecular weight excluding hydrogens is 302 g/mol. The predicted octanol–water partition coefficient (Wildman–Crippen LogP) is 2.25. The van der Waals surface area contributed by atoms with Gasteiger partial charge in [0.1, 0.15) is 0 Å². The number of amides is 2. The van der Waals surface area contributed by atoms with Gasteiger partial charge in [-0.15, -0.1) is 0 Å². The molecule has 0 radical (unpaired) electrons. The third-order valence-corrected chi connectivity index (χ3v) is 4.79. The third-order valence-electron chi connectivity index (χ3n) is 4.79. The zero-order chi connectivity index (χ0) is 16.8. The molecule has 0 aliphatic carbocycles. The first kappa shape index (κ1) is 14.5. The van der Waals surface area contributed by atoms with Gasteiger partial charge in [0.15, 0.2) is 0 Å². The second-order valence-electron chi connectivity index (χ2n) is 6.08. The fourth-order valence-electron chi connectivity index (χ4n) is 3.61. The second-order valence-corrected chi connectivity index (χ2v) is 6.08. The quantitative estimate of drug-likeness (QED) is 0.923. The summed E-state index contributed by atoms with van der Waals surface area (Å²) < 4.78 is 0.